The van der Waals surface area contributed by atoms with Crippen molar-refractivity contribution in [2.75, 3.05) is 18.4 Å². The van der Waals surface area contributed by atoms with Crippen LogP contribution in [0.4, 0.5) is 5.82 Å². The van der Waals surface area contributed by atoms with E-state index in [1.807, 2.05) is 30.9 Å². The summed E-state index contributed by atoms with van der Waals surface area (Å²) in [6.07, 6.45) is 3.93. The molecule has 18 heavy (non-hydrogen) atoms. The highest BCUT2D eigenvalue weighted by molar-refractivity contribution is 5.79. The molecule has 1 aromatic heterocycles. The third-order valence-corrected chi connectivity index (χ3v) is 3.35. The van der Waals surface area contributed by atoms with Gasteiger partial charge in [0.1, 0.15) is 5.82 Å². The summed E-state index contributed by atoms with van der Waals surface area (Å²) in [4.78, 5) is 18.2. The number of amides is 1. The first-order valence-corrected chi connectivity index (χ1v) is 6.68. The van der Waals surface area contributed by atoms with Crippen molar-refractivity contribution < 1.29 is 4.79 Å². The van der Waals surface area contributed by atoms with Crippen LogP contribution in [0.25, 0.3) is 0 Å². The minimum Gasteiger partial charge on any atom is -0.370 e. The molecule has 1 amide bonds. The quantitative estimate of drug-likeness (QED) is 0.887. The first kappa shape index (κ1) is 12.9. The molecule has 0 aliphatic carbocycles. The number of pyridine rings is 1. The fourth-order valence-electron chi connectivity index (χ4n) is 2.36. The monoisotopic (exact) mass is 247 g/mol. The molecule has 0 bridgehead atoms. The molecule has 1 unspecified atom stereocenters. The summed E-state index contributed by atoms with van der Waals surface area (Å²) in [6, 6.07) is 4.00. The van der Waals surface area contributed by atoms with Crippen LogP contribution in [0, 0.1) is 5.92 Å². The number of nitrogens with zero attached hydrogens (tertiary/aromatic N) is 2. The smallest absolute Gasteiger partial charge is 0.225 e. The Labute approximate surface area is 108 Å². The number of hydrogen-bond acceptors (Lipinski definition) is 3. The maximum absolute atomic E-state index is 12.0. The molecule has 4 nitrogen and oxygen atoms in total. The first-order chi connectivity index (χ1) is 8.70. The molecule has 4 heteroatoms. The zero-order chi connectivity index (χ0) is 13.0. The van der Waals surface area contributed by atoms with Gasteiger partial charge in [-0.15, -0.1) is 0 Å². The van der Waals surface area contributed by atoms with Crippen LogP contribution in [0.15, 0.2) is 18.3 Å². The molecular weight excluding hydrogens is 226 g/mol. The second-order valence-corrected chi connectivity index (χ2v) is 4.88. The molecule has 1 atom stereocenters. The highest BCUT2D eigenvalue weighted by Gasteiger charge is 2.24. The number of anilines is 1. The summed E-state index contributed by atoms with van der Waals surface area (Å²) in [7, 11) is 0. The van der Waals surface area contributed by atoms with E-state index in [1.165, 1.54) is 0 Å². The van der Waals surface area contributed by atoms with Crippen molar-refractivity contribution in [1.82, 2.24) is 9.88 Å². The number of aromatic nitrogens is 1. The van der Waals surface area contributed by atoms with Gasteiger partial charge in [0.2, 0.25) is 5.91 Å². The van der Waals surface area contributed by atoms with Gasteiger partial charge >= 0.3 is 0 Å². The van der Waals surface area contributed by atoms with Crippen LogP contribution < -0.4 is 5.32 Å². The molecule has 1 aromatic rings. The van der Waals surface area contributed by atoms with Crippen LogP contribution >= 0.6 is 0 Å². The summed E-state index contributed by atoms with van der Waals surface area (Å²) in [6.45, 7) is 6.50. The maximum Gasteiger partial charge on any atom is 0.225 e. The molecule has 0 saturated carbocycles. The van der Waals surface area contributed by atoms with Crippen molar-refractivity contribution >= 4 is 11.7 Å². The van der Waals surface area contributed by atoms with Gasteiger partial charge in [-0.2, -0.15) is 0 Å². The van der Waals surface area contributed by atoms with E-state index in [0.29, 0.717) is 6.54 Å². The van der Waals surface area contributed by atoms with Gasteiger partial charge in [0.25, 0.3) is 0 Å². The summed E-state index contributed by atoms with van der Waals surface area (Å²) < 4.78 is 0. The second-order valence-electron chi connectivity index (χ2n) is 4.88. The van der Waals surface area contributed by atoms with E-state index < -0.39 is 0 Å². The van der Waals surface area contributed by atoms with Crippen molar-refractivity contribution in [3.05, 3.63) is 23.9 Å². The van der Waals surface area contributed by atoms with Crippen LogP contribution in [-0.2, 0) is 11.3 Å². The van der Waals surface area contributed by atoms with Gasteiger partial charge < -0.3 is 10.2 Å². The lowest BCUT2D eigenvalue weighted by atomic mass is 9.99. The van der Waals surface area contributed by atoms with Crippen molar-refractivity contribution in [2.24, 2.45) is 5.92 Å². The fourth-order valence-corrected chi connectivity index (χ4v) is 2.36. The molecule has 2 heterocycles. The summed E-state index contributed by atoms with van der Waals surface area (Å²) in [5, 5.41) is 3.19. The number of nitrogens with one attached hydrogen (secondary N) is 1. The second kappa shape index (κ2) is 5.85. The van der Waals surface area contributed by atoms with Crippen molar-refractivity contribution in [2.45, 2.75) is 33.2 Å². The third-order valence-electron chi connectivity index (χ3n) is 3.35. The van der Waals surface area contributed by atoms with E-state index >= 15 is 0 Å². The largest absolute Gasteiger partial charge is 0.370 e. The van der Waals surface area contributed by atoms with Crippen molar-refractivity contribution in [3.8, 4) is 0 Å². The Hall–Kier alpha value is -1.58. The zero-order valence-corrected chi connectivity index (χ0v) is 11.1. The van der Waals surface area contributed by atoms with E-state index in [-0.39, 0.29) is 11.8 Å². The molecule has 1 saturated heterocycles. The molecule has 1 aliphatic rings. The predicted molar refractivity (Wildman–Crippen MR) is 72.2 cm³/mol. The van der Waals surface area contributed by atoms with Gasteiger partial charge in [-0.05, 0) is 37.5 Å². The third kappa shape index (κ3) is 3.00. The number of rotatable bonds is 4. The Balaban J connectivity index is 2.04. The van der Waals surface area contributed by atoms with E-state index in [9.17, 15) is 4.79 Å². The van der Waals surface area contributed by atoms with E-state index in [2.05, 4.69) is 10.3 Å². The number of piperidine rings is 1. The predicted octanol–water partition coefficient (Wildman–Crippen LogP) is 2.27. The highest BCUT2D eigenvalue weighted by Crippen LogP contribution is 2.19. The van der Waals surface area contributed by atoms with E-state index in [1.54, 1.807) is 6.20 Å². The lowest BCUT2D eigenvalue weighted by Gasteiger charge is -2.30. The number of likely N-dealkylation sites (tertiary alicyclic amines) is 1. The Morgan fingerprint density at radius 1 is 1.56 bits per heavy atom. The van der Waals surface area contributed by atoms with Crippen molar-refractivity contribution in [3.63, 3.8) is 0 Å². The van der Waals surface area contributed by atoms with Crippen LogP contribution in [0.2, 0.25) is 0 Å². The molecule has 0 spiro atoms. The van der Waals surface area contributed by atoms with Gasteiger partial charge in [0.15, 0.2) is 0 Å². The van der Waals surface area contributed by atoms with Crippen molar-refractivity contribution in [1.29, 1.82) is 0 Å². The van der Waals surface area contributed by atoms with Gasteiger partial charge in [-0.3, -0.25) is 4.79 Å². The zero-order valence-electron chi connectivity index (χ0n) is 11.1. The number of carbonyl (C=O) groups excluding carboxylic acids is 1. The fraction of sp³-hybridized carbons (Fsp3) is 0.571. The highest BCUT2D eigenvalue weighted by atomic mass is 16.2. The average Bonchev–Trinajstić information content (AvgIpc) is 2.36. The SMILES string of the molecule is CCNc1cc(CN2CCCC(C)C2=O)ccn1. The number of carbonyl (C=O) groups is 1. The Morgan fingerprint density at radius 2 is 2.39 bits per heavy atom. The maximum atomic E-state index is 12.0. The molecular formula is C14H21N3O. The van der Waals surface area contributed by atoms with Gasteiger partial charge in [-0.25, -0.2) is 4.98 Å². The van der Waals surface area contributed by atoms with Gasteiger partial charge in [-0.1, -0.05) is 6.92 Å². The Morgan fingerprint density at radius 3 is 3.17 bits per heavy atom. The normalized spacial score (nSPS) is 20.0. The van der Waals surface area contributed by atoms with Crippen LogP contribution in [0.5, 0.6) is 0 Å². The minimum atomic E-state index is 0.175. The Kier molecular flexibility index (Phi) is 4.18. The molecule has 2 rings (SSSR count). The first-order valence-electron chi connectivity index (χ1n) is 6.68. The molecule has 1 aliphatic heterocycles. The summed E-state index contributed by atoms with van der Waals surface area (Å²) in [5.41, 5.74) is 1.14. The average molecular weight is 247 g/mol. The standard InChI is InChI=1S/C14H21N3O/c1-3-15-13-9-12(6-7-16-13)10-17-8-4-5-11(2)14(17)18/h6-7,9,11H,3-5,8,10H2,1-2H3,(H,15,16). The van der Waals surface area contributed by atoms with Crippen LogP contribution in [0.1, 0.15) is 32.3 Å². The lowest BCUT2D eigenvalue weighted by molar-refractivity contribution is -0.138. The topological polar surface area (TPSA) is 45.2 Å². The molecule has 0 radical (unpaired) electrons. The molecule has 98 valence electrons. The molecule has 1 N–H and O–H groups in total. The number of hydrogen-bond donors (Lipinski definition) is 1. The minimum absolute atomic E-state index is 0.175. The van der Waals surface area contributed by atoms with Gasteiger partial charge in [0, 0.05) is 31.7 Å². The van der Waals surface area contributed by atoms with Crippen LogP contribution in [-0.4, -0.2) is 28.9 Å². The molecule has 1 fully saturated rings. The summed E-state index contributed by atoms with van der Waals surface area (Å²) in [5.74, 6) is 1.34. The summed E-state index contributed by atoms with van der Waals surface area (Å²) >= 11 is 0. The lowest BCUT2D eigenvalue weighted by Crippen LogP contribution is -2.39. The van der Waals surface area contributed by atoms with E-state index in [0.717, 1.165) is 37.3 Å². The Bertz CT molecular complexity index is 419. The van der Waals surface area contributed by atoms with Crippen LogP contribution in [0.3, 0.4) is 0 Å². The molecule has 0 aromatic carbocycles. The van der Waals surface area contributed by atoms with Gasteiger partial charge in [0.05, 0.1) is 0 Å². The van der Waals surface area contributed by atoms with E-state index in [4.69, 9.17) is 0 Å².